The van der Waals surface area contributed by atoms with Crippen LogP contribution in [0.2, 0.25) is 0 Å². The van der Waals surface area contributed by atoms with Crippen LogP contribution in [0.4, 0.5) is 0 Å². The van der Waals surface area contributed by atoms with Crippen molar-refractivity contribution in [2.75, 3.05) is 0 Å². The van der Waals surface area contributed by atoms with E-state index in [2.05, 4.69) is 60.4 Å². The summed E-state index contributed by atoms with van der Waals surface area (Å²) in [7, 11) is 0. The van der Waals surface area contributed by atoms with Crippen molar-refractivity contribution in [1.82, 2.24) is 4.98 Å². The van der Waals surface area contributed by atoms with Gasteiger partial charge in [-0.25, -0.2) is 0 Å². The summed E-state index contributed by atoms with van der Waals surface area (Å²) < 4.78 is 0. The molecule has 0 unspecified atom stereocenters. The minimum absolute atomic E-state index is 1.05. The quantitative estimate of drug-likeness (QED) is 0.602. The zero-order valence-corrected chi connectivity index (χ0v) is 10.6. The lowest BCUT2D eigenvalue weighted by molar-refractivity contribution is 1.20. The van der Waals surface area contributed by atoms with Gasteiger partial charge in [-0.2, -0.15) is 0 Å². The second-order valence-corrected chi connectivity index (χ2v) is 4.75. The third-order valence-corrected chi connectivity index (χ3v) is 3.24. The molecule has 0 amide bonds. The van der Waals surface area contributed by atoms with Gasteiger partial charge in [0.25, 0.3) is 0 Å². The van der Waals surface area contributed by atoms with Gasteiger partial charge in [-0.3, -0.25) is 4.98 Å². The first kappa shape index (κ1) is 11.0. The highest BCUT2D eigenvalue weighted by Crippen LogP contribution is 2.24. The average Bonchev–Trinajstić information content (AvgIpc) is 2.39. The van der Waals surface area contributed by atoms with Gasteiger partial charge in [-0.05, 0) is 42.3 Å². The summed E-state index contributed by atoms with van der Waals surface area (Å²) in [4.78, 5) is 4.35. The zero-order chi connectivity index (χ0) is 12.5. The molecule has 0 aliphatic rings. The summed E-state index contributed by atoms with van der Waals surface area (Å²) >= 11 is 0. The Morgan fingerprint density at radius 1 is 0.722 bits per heavy atom. The molecule has 88 valence electrons. The molecule has 0 N–H and O–H groups in total. The van der Waals surface area contributed by atoms with Crippen molar-refractivity contribution in [3.05, 3.63) is 66.0 Å². The Hall–Kier alpha value is -2.15. The summed E-state index contributed by atoms with van der Waals surface area (Å²) in [5.74, 6) is 0. The van der Waals surface area contributed by atoms with Crippen LogP contribution in [-0.2, 0) is 0 Å². The number of hydrogen-bond donors (Lipinski definition) is 0. The first-order valence-electron chi connectivity index (χ1n) is 6.16. The lowest BCUT2D eigenvalue weighted by atomic mass is 10.0. The molecule has 0 saturated carbocycles. The number of pyridine rings is 1. The smallest absolute Gasteiger partial charge is 0.0373 e. The molecule has 0 atom stereocenters. The summed E-state index contributed by atoms with van der Waals surface area (Å²) in [5.41, 5.74) is 4.74. The van der Waals surface area contributed by atoms with E-state index in [4.69, 9.17) is 0 Å². The number of hydrogen-bond acceptors (Lipinski definition) is 1. The van der Waals surface area contributed by atoms with Gasteiger partial charge in [-0.1, -0.05) is 42.0 Å². The molecule has 2 aromatic carbocycles. The predicted molar refractivity (Wildman–Crippen MR) is 76.7 cm³/mol. The predicted octanol–water partition coefficient (Wildman–Crippen LogP) is 4.52. The maximum Gasteiger partial charge on any atom is 0.0373 e. The second-order valence-electron chi connectivity index (χ2n) is 4.75. The van der Waals surface area contributed by atoms with Crippen LogP contribution in [0.5, 0.6) is 0 Å². The average molecular weight is 233 g/mol. The minimum Gasteiger partial charge on any atom is -0.261 e. The van der Waals surface area contributed by atoms with Gasteiger partial charge in [-0.15, -0.1) is 0 Å². The third kappa shape index (κ3) is 2.00. The monoisotopic (exact) mass is 233 g/mol. The Bertz CT molecular complexity index is 696. The van der Waals surface area contributed by atoms with E-state index < -0.39 is 0 Å². The Labute approximate surface area is 107 Å². The number of nitrogens with zero attached hydrogens (tertiary/aromatic N) is 1. The van der Waals surface area contributed by atoms with Crippen LogP contribution in [0.1, 0.15) is 11.3 Å². The molecule has 18 heavy (non-hydrogen) atoms. The summed E-state index contributed by atoms with van der Waals surface area (Å²) in [6, 6.07) is 17.3. The second kappa shape index (κ2) is 4.26. The van der Waals surface area contributed by atoms with Gasteiger partial charge in [0.2, 0.25) is 0 Å². The standard InChI is InChI=1S/C17H15N/c1-12-3-5-15-10-16(8-7-14(15)9-12)17-6-4-13(2)18-11-17/h3-11H,1-2H3. The molecule has 0 saturated heterocycles. The molecule has 3 aromatic rings. The maximum atomic E-state index is 4.35. The number of benzene rings is 2. The van der Waals surface area contributed by atoms with E-state index in [1.54, 1.807) is 0 Å². The van der Waals surface area contributed by atoms with Crippen LogP contribution in [-0.4, -0.2) is 4.98 Å². The number of fused-ring (bicyclic) bond motifs is 1. The van der Waals surface area contributed by atoms with Gasteiger partial charge in [0.1, 0.15) is 0 Å². The zero-order valence-electron chi connectivity index (χ0n) is 10.6. The molecular weight excluding hydrogens is 218 g/mol. The number of aryl methyl sites for hydroxylation is 2. The highest BCUT2D eigenvalue weighted by atomic mass is 14.7. The fourth-order valence-corrected chi connectivity index (χ4v) is 2.18. The fourth-order valence-electron chi connectivity index (χ4n) is 2.18. The van der Waals surface area contributed by atoms with Crippen molar-refractivity contribution in [2.45, 2.75) is 13.8 Å². The van der Waals surface area contributed by atoms with Crippen LogP contribution >= 0.6 is 0 Å². The molecule has 0 aliphatic carbocycles. The van der Waals surface area contributed by atoms with Crippen LogP contribution in [0, 0.1) is 13.8 Å². The van der Waals surface area contributed by atoms with Crippen LogP contribution in [0.25, 0.3) is 21.9 Å². The van der Waals surface area contributed by atoms with E-state index in [0.29, 0.717) is 0 Å². The summed E-state index contributed by atoms with van der Waals surface area (Å²) in [5, 5.41) is 2.57. The highest BCUT2D eigenvalue weighted by Gasteiger charge is 2.00. The first-order chi connectivity index (χ1) is 8.72. The highest BCUT2D eigenvalue weighted by molar-refractivity contribution is 5.87. The van der Waals surface area contributed by atoms with Crippen molar-refractivity contribution in [2.24, 2.45) is 0 Å². The van der Waals surface area contributed by atoms with Gasteiger partial charge in [0, 0.05) is 17.5 Å². The van der Waals surface area contributed by atoms with Crippen molar-refractivity contribution in [3.8, 4) is 11.1 Å². The van der Waals surface area contributed by atoms with Crippen molar-refractivity contribution in [3.63, 3.8) is 0 Å². The number of aromatic nitrogens is 1. The molecule has 1 heterocycles. The van der Waals surface area contributed by atoms with Gasteiger partial charge in [0.15, 0.2) is 0 Å². The van der Waals surface area contributed by atoms with Crippen LogP contribution in [0.3, 0.4) is 0 Å². The fraction of sp³-hybridized carbons (Fsp3) is 0.118. The third-order valence-electron chi connectivity index (χ3n) is 3.24. The minimum atomic E-state index is 1.05. The molecule has 0 bridgehead atoms. The molecule has 0 radical (unpaired) electrons. The lowest BCUT2D eigenvalue weighted by Crippen LogP contribution is -1.83. The molecule has 1 heteroatoms. The van der Waals surface area contributed by atoms with Gasteiger partial charge < -0.3 is 0 Å². The van der Waals surface area contributed by atoms with E-state index in [1.807, 2.05) is 13.1 Å². The van der Waals surface area contributed by atoms with Crippen LogP contribution in [0.15, 0.2) is 54.7 Å². The van der Waals surface area contributed by atoms with Crippen molar-refractivity contribution >= 4 is 10.8 Å². The Morgan fingerprint density at radius 2 is 1.44 bits per heavy atom. The van der Waals surface area contributed by atoms with Crippen molar-refractivity contribution < 1.29 is 0 Å². The van der Waals surface area contributed by atoms with E-state index >= 15 is 0 Å². The molecule has 1 nitrogen and oxygen atoms in total. The van der Waals surface area contributed by atoms with E-state index in [-0.39, 0.29) is 0 Å². The van der Waals surface area contributed by atoms with E-state index in [9.17, 15) is 0 Å². The molecule has 1 aromatic heterocycles. The first-order valence-corrected chi connectivity index (χ1v) is 6.16. The lowest BCUT2D eigenvalue weighted by Gasteiger charge is -2.05. The van der Waals surface area contributed by atoms with Crippen molar-refractivity contribution in [1.29, 1.82) is 0 Å². The van der Waals surface area contributed by atoms with E-state index in [1.165, 1.54) is 27.5 Å². The molecule has 0 fully saturated rings. The molecule has 3 rings (SSSR count). The topological polar surface area (TPSA) is 12.9 Å². The SMILES string of the molecule is Cc1ccc2cc(-c3ccc(C)nc3)ccc2c1. The van der Waals surface area contributed by atoms with Crippen LogP contribution < -0.4 is 0 Å². The van der Waals surface area contributed by atoms with Gasteiger partial charge in [0.05, 0.1) is 0 Å². The van der Waals surface area contributed by atoms with Gasteiger partial charge >= 0.3 is 0 Å². The largest absolute Gasteiger partial charge is 0.261 e. The number of rotatable bonds is 1. The maximum absolute atomic E-state index is 4.35. The Morgan fingerprint density at radius 3 is 2.22 bits per heavy atom. The van der Waals surface area contributed by atoms with E-state index in [0.717, 1.165) is 5.69 Å². The summed E-state index contributed by atoms with van der Waals surface area (Å²) in [6.07, 6.45) is 1.94. The normalized spacial score (nSPS) is 10.8. The Balaban J connectivity index is 2.13. The summed E-state index contributed by atoms with van der Waals surface area (Å²) in [6.45, 7) is 4.13. The molecule has 0 spiro atoms. The Kier molecular flexibility index (Phi) is 2.60. The molecular formula is C17H15N. The molecule has 0 aliphatic heterocycles.